The number of aliphatic carboxylic acids is 1. The Morgan fingerprint density at radius 2 is 1.84 bits per heavy atom. The molecule has 0 amide bonds. The number of nitrogens with zero attached hydrogens (tertiary/aromatic N) is 1. The number of nitrogens with one attached hydrogen (secondary N) is 3. The molecule has 0 saturated carbocycles. The van der Waals surface area contributed by atoms with Gasteiger partial charge in [-0.3, -0.25) is 4.79 Å². The Morgan fingerprint density at radius 1 is 1.08 bits per heavy atom. The van der Waals surface area contributed by atoms with E-state index < -0.39 is 5.97 Å². The highest BCUT2D eigenvalue weighted by Crippen LogP contribution is 2.25. The fourth-order valence-corrected chi connectivity index (χ4v) is 4.53. The van der Waals surface area contributed by atoms with Crippen molar-refractivity contribution in [3.8, 4) is 0 Å². The lowest BCUT2D eigenvalue weighted by Crippen LogP contribution is -2.28. The molecule has 10 heteroatoms. The van der Waals surface area contributed by atoms with E-state index in [0.29, 0.717) is 17.9 Å². The van der Waals surface area contributed by atoms with E-state index in [-0.39, 0.29) is 30.0 Å². The number of carbonyl (C=O) groups is 2. The second-order valence-corrected chi connectivity index (χ2v) is 9.89. The number of anilines is 1. The van der Waals surface area contributed by atoms with Crippen LogP contribution in [0.4, 0.5) is 5.82 Å². The van der Waals surface area contributed by atoms with Gasteiger partial charge in [-0.15, -0.1) is 0 Å². The number of rotatable bonds is 19. The van der Waals surface area contributed by atoms with Crippen LogP contribution in [-0.4, -0.2) is 45.9 Å². The van der Waals surface area contributed by atoms with Crippen molar-refractivity contribution in [2.45, 2.75) is 70.8 Å². The molecule has 0 aromatic carbocycles. The van der Waals surface area contributed by atoms with Crippen LogP contribution in [0.3, 0.4) is 0 Å². The van der Waals surface area contributed by atoms with Crippen LogP contribution in [0.5, 0.6) is 0 Å². The highest BCUT2D eigenvalue weighted by molar-refractivity contribution is 5.81. The van der Waals surface area contributed by atoms with E-state index in [9.17, 15) is 19.5 Å². The van der Waals surface area contributed by atoms with Gasteiger partial charge in [0.05, 0.1) is 12.6 Å². The van der Waals surface area contributed by atoms with Crippen LogP contribution >= 0.6 is 0 Å². The predicted octanol–water partition coefficient (Wildman–Crippen LogP) is 3.58. The number of carboxylic acids is 1. The molecule has 0 spiro atoms. The van der Waals surface area contributed by atoms with Gasteiger partial charge in [-0.2, -0.15) is 0 Å². The molecule has 0 bridgehead atoms. The van der Waals surface area contributed by atoms with Gasteiger partial charge in [0, 0.05) is 30.5 Å². The number of aromatic nitrogens is 2. The molecule has 8 N–H and O–H groups in total. The molecular weight excluding hydrogens is 484 g/mol. The number of pyridine rings is 1. The Morgan fingerprint density at radius 3 is 2.45 bits per heavy atom. The molecule has 10 nitrogen and oxygen atoms in total. The molecule has 0 saturated heterocycles. The Balaban J connectivity index is 2.12. The fourth-order valence-electron chi connectivity index (χ4n) is 4.53. The van der Waals surface area contributed by atoms with E-state index in [0.717, 1.165) is 69.0 Å². The van der Waals surface area contributed by atoms with Gasteiger partial charge in [-0.1, -0.05) is 45.1 Å². The second kappa shape index (κ2) is 16.8. The molecule has 2 rings (SSSR count). The molecule has 2 aromatic rings. The maximum atomic E-state index is 11.6. The van der Waals surface area contributed by atoms with Crippen LogP contribution in [0.15, 0.2) is 58.1 Å². The van der Waals surface area contributed by atoms with Gasteiger partial charge < -0.3 is 36.7 Å². The molecule has 38 heavy (non-hydrogen) atoms. The lowest BCUT2D eigenvalue weighted by Gasteiger charge is -2.25. The number of aliphatic imine (C=N–C) groups is 1. The van der Waals surface area contributed by atoms with Gasteiger partial charge in [0.15, 0.2) is 5.96 Å². The molecule has 2 aromatic heterocycles. The van der Waals surface area contributed by atoms with E-state index in [1.54, 1.807) is 18.5 Å². The minimum Gasteiger partial charge on any atom is -0.478 e. The SMILES string of the molecule is C[C@H](C=O)CCCCCC[C@H](CC[C@@H](Nc1ccc[nH]1)/C(=C/C(=O)O)CN=C(N)N)Cc1ccc(=O)[nH]c1. The molecular formula is C28H42N6O4. The van der Waals surface area contributed by atoms with Crippen LogP contribution in [0.2, 0.25) is 0 Å². The average Bonchev–Trinajstić information content (AvgIpc) is 3.40. The van der Waals surface area contributed by atoms with Crippen LogP contribution in [0.1, 0.15) is 63.9 Å². The van der Waals surface area contributed by atoms with Gasteiger partial charge in [0.1, 0.15) is 12.1 Å². The Labute approximate surface area is 224 Å². The quantitative estimate of drug-likeness (QED) is 0.0532. The van der Waals surface area contributed by atoms with Crippen LogP contribution in [0.25, 0.3) is 0 Å². The number of hydrogen-bond donors (Lipinski definition) is 6. The fraction of sp³-hybridized carbons (Fsp3) is 0.500. The van der Waals surface area contributed by atoms with Crippen molar-refractivity contribution in [2.75, 3.05) is 11.9 Å². The van der Waals surface area contributed by atoms with Gasteiger partial charge in [0.25, 0.3) is 0 Å². The Kier molecular flexibility index (Phi) is 13.5. The van der Waals surface area contributed by atoms with Gasteiger partial charge in [-0.25, -0.2) is 9.79 Å². The largest absolute Gasteiger partial charge is 0.478 e. The van der Waals surface area contributed by atoms with E-state index >= 15 is 0 Å². The summed E-state index contributed by atoms with van der Waals surface area (Å²) in [5.41, 5.74) is 12.6. The molecule has 0 aliphatic rings. The minimum absolute atomic E-state index is 0.0802. The normalized spacial score (nSPS) is 13.9. The summed E-state index contributed by atoms with van der Waals surface area (Å²) in [6, 6.07) is 6.85. The average molecular weight is 527 g/mol. The highest BCUT2D eigenvalue weighted by atomic mass is 16.4. The van der Waals surface area contributed by atoms with Crippen LogP contribution in [-0.2, 0) is 16.0 Å². The predicted molar refractivity (Wildman–Crippen MR) is 151 cm³/mol. The van der Waals surface area contributed by atoms with E-state index in [4.69, 9.17) is 11.5 Å². The molecule has 0 unspecified atom stereocenters. The van der Waals surface area contributed by atoms with Gasteiger partial charge in [-0.05, 0) is 54.9 Å². The second-order valence-electron chi connectivity index (χ2n) is 9.89. The van der Waals surface area contributed by atoms with Crippen LogP contribution in [0, 0.1) is 11.8 Å². The van der Waals surface area contributed by atoms with E-state index in [1.165, 1.54) is 6.08 Å². The third-order valence-electron chi connectivity index (χ3n) is 6.62. The number of carboxylic acid groups (broad SMARTS) is 1. The first-order chi connectivity index (χ1) is 18.3. The summed E-state index contributed by atoms with van der Waals surface area (Å²) < 4.78 is 0. The van der Waals surface area contributed by atoms with Crippen molar-refractivity contribution in [3.63, 3.8) is 0 Å². The zero-order valence-electron chi connectivity index (χ0n) is 22.2. The zero-order chi connectivity index (χ0) is 27.8. The monoisotopic (exact) mass is 526 g/mol. The minimum atomic E-state index is -1.06. The number of carbonyl (C=O) groups excluding carboxylic acids is 1. The van der Waals surface area contributed by atoms with Crippen molar-refractivity contribution in [1.29, 1.82) is 0 Å². The highest BCUT2D eigenvalue weighted by Gasteiger charge is 2.19. The van der Waals surface area contributed by atoms with Crippen molar-refractivity contribution in [2.24, 2.45) is 28.3 Å². The molecule has 208 valence electrons. The van der Waals surface area contributed by atoms with Crippen molar-refractivity contribution < 1.29 is 14.7 Å². The number of H-pyrrole nitrogens is 2. The number of aldehydes is 1. The molecule has 0 aliphatic carbocycles. The maximum absolute atomic E-state index is 11.6. The smallest absolute Gasteiger partial charge is 0.328 e. The molecule has 2 heterocycles. The van der Waals surface area contributed by atoms with Gasteiger partial charge in [0.2, 0.25) is 5.56 Å². The first-order valence-corrected chi connectivity index (χ1v) is 13.3. The summed E-state index contributed by atoms with van der Waals surface area (Å²) in [7, 11) is 0. The lowest BCUT2D eigenvalue weighted by molar-refractivity contribution is -0.131. The summed E-state index contributed by atoms with van der Waals surface area (Å²) in [6.45, 7) is 2.03. The zero-order valence-corrected chi connectivity index (χ0v) is 22.2. The number of guanidine groups is 1. The first kappa shape index (κ1) is 30.4. The lowest BCUT2D eigenvalue weighted by atomic mass is 9.87. The van der Waals surface area contributed by atoms with Gasteiger partial charge >= 0.3 is 5.97 Å². The summed E-state index contributed by atoms with van der Waals surface area (Å²) in [5, 5.41) is 12.9. The summed E-state index contributed by atoms with van der Waals surface area (Å²) in [4.78, 5) is 43.9. The number of hydrogen-bond acceptors (Lipinski definition) is 5. The van der Waals surface area contributed by atoms with Crippen molar-refractivity contribution in [1.82, 2.24) is 9.97 Å². The van der Waals surface area contributed by atoms with Crippen LogP contribution < -0.4 is 22.3 Å². The standard InChI is InChI=1S/C28H42N6O4/c1-20(19-35)7-4-2-3-5-8-21(15-22-11-13-26(36)32-17-22)10-12-24(34-25-9-6-14-31-25)23(16-27(37)38)18-33-28(29)30/h6,9,11,13-14,16-17,19-21,24,31,34H,2-5,7-8,10,12,15,18H2,1H3,(H,32,36)(H,37,38)(H4,29,30,33)/b23-16+/t20-,21+,24+/m0/s1. The topological polar surface area (TPSA) is 179 Å². The van der Waals surface area contributed by atoms with Crippen molar-refractivity contribution in [3.05, 3.63) is 64.2 Å². The Hall–Kier alpha value is -3.82. The number of unbranched alkanes of at least 4 members (excludes halogenated alkanes) is 3. The third kappa shape index (κ3) is 12.4. The van der Waals surface area contributed by atoms with E-state index in [2.05, 4.69) is 20.3 Å². The molecule has 3 atom stereocenters. The summed E-state index contributed by atoms with van der Waals surface area (Å²) in [5.74, 6) is 0.0601. The van der Waals surface area contributed by atoms with Crippen molar-refractivity contribution >= 4 is 24.0 Å². The first-order valence-electron chi connectivity index (χ1n) is 13.3. The Bertz CT molecular complexity index is 1070. The molecule has 0 radical (unpaired) electrons. The summed E-state index contributed by atoms with van der Waals surface area (Å²) >= 11 is 0. The maximum Gasteiger partial charge on any atom is 0.328 e. The number of nitrogens with two attached hydrogens (primary N) is 2. The molecule has 0 fully saturated rings. The summed E-state index contributed by atoms with van der Waals surface area (Å²) in [6.07, 6.45) is 14.3. The molecule has 0 aliphatic heterocycles. The van der Waals surface area contributed by atoms with E-state index in [1.807, 2.05) is 25.1 Å². The number of aromatic amines is 2. The third-order valence-corrected chi connectivity index (χ3v) is 6.62.